The van der Waals surface area contributed by atoms with Gasteiger partial charge in [-0.1, -0.05) is 20.8 Å². The molecule has 0 bridgehead atoms. The molecule has 0 aromatic carbocycles. The number of hydrogen-bond acceptors (Lipinski definition) is 1. The minimum absolute atomic E-state index is 0.00609. The van der Waals surface area contributed by atoms with Crippen molar-refractivity contribution in [3.05, 3.63) is 29.3 Å². The average molecular weight is 167 g/mol. The third-order valence-corrected chi connectivity index (χ3v) is 1.88. The van der Waals surface area contributed by atoms with Crippen LogP contribution in [-0.4, -0.2) is 4.98 Å². The van der Waals surface area contributed by atoms with Crippen molar-refractivity contribution < 1.29 is 4.39 Å². The molecule has 0 aliphatic rings. The normalized spacial score (nSPS) is 11.8. The van der Waals surface area contributed by atoms with Crippen molar-refractivity contribution in [2.24, 2.45) is 0 Å². The van der Waals surface area contributed by atoms with Crippen LogP contribution in [0.5, 0.6) is 0 Å². The molecular weight excluding hydrogens is 153 g/mol. The Morgan fingerprint density at radius 1 is 1.33 bits per heavy atom. The molecule has 0 unspecified atom stereocenters. The van der Waals surface area contributed by atoms with E-state index in [2.05, 4.69) is 25.8 Å². The van der Waals surface area contributed by atoms with E-state index < -0.39 is 5.95 Å². The Labute approximate surface area is 72.6 Å². The SMILES string of the molecule is Cc1cnc(F)cc1C(C)(C)C. The maximum absolute atomic E-state index is 12.8. The topological polar surface area (TPSA) is 12.9 Å². The standard InChI is InChI=1S/C10H14FN/c1-7-6-12-9(11)5-8(7)10(2,3)4/h5-6H,1-4H3. The molecule has 0 spiro atoms. The van der Waals surface area contributed by atoms with E-state index in [1.807, 2.05) is 6.92 Å². The van der Waals surface area contributed by atoms with Crippen LogP contribution in [0.3, 0.4) is 0 Å². The van der Waals surface area contributed by atoms with E-state index >= 15 is 0 Å². The summed E-state index contributed by atoms with van der Waals surface area (Å²) in [5.41, 5.74) is 2.06. The van der Waals surface area contributed by atoms with Crippen molar-refractivity contribution in [1.29, 1.82) is 0 Å². The van der Waals surface area contributed by atoms with Crippen molar-refractivity contribution in [3.8, 4) is 0 Å². The van der Waals surface area contributed by atoms with E-state index in [9.17, 15) is 4.39 Å². The van der Waals surface area contributed by atoms with Gasteiger partial charge in [0.15, 0.2) is 0 Å². The van der Waals surface area contributed by atoms with Crippen LogP contribution in [-0.2, 0) is 5.41 Å². The number of nitrogens with zero attached hydrogens (tertiary/aromatic N) is 1. The Kier molecular flexibility index (Phi) is 2.18. The smallest absolute Gasteiger partial charge is 0.213 e. The van der Waals surface area contributed by atoms with Crippen molar-refractivity contribution in [2.75, 3.05) is 0 Å². The van der Waals surface area contributed by atoms with Gasteiger partial charge in [-0.3, -0.25) is 0 Å². The second kappa shape index (κ2) is 2.85. The highest BCUT2D eigenvalue weighted by atomic mass is 19.1. The molecule has 0 N–H and O–H groups in total. The first kappa shape index (κ1) is 9.17. The Bertz CT molecular complexity index is 286. The van der Waals surface area contributed by atoms with Gasteiger partial charge in [-0.05, 0) is 29.5 Å². The van der Waals surface area contributed by atoms with Crippen LogP contribution in [0.25, 0.3) is 0 Å². The van der Waals surface area contributed by atoms with Crippen LogP contribution in [0.2, 0.25) is 0 Å². The monoisotopic (exact) mass is 167 g/mol. The number of rotatable bonds is 0. The molecule has 1 aromatic heterocycles. The van der Waals surface area contributed by atoms with Crippen molar-refractivity contribution in [3.63, 3.8) is 0 Å². The van der Waals surface area contributed by atoms with E-state index in [0.29, 0.717) is 0 Å². The van der Waals surface area contributed by atoms with Gasteiger partial charge < -0.3 is 0 Å². The van der Waals surface area contributed by atoms with Gasteiger partial charge in [0, 0.05) is 6.20 Å². The van der Waals surface area contributed by atoms with Gasteiger partial charge in [-0.25, -0.2) is 4.98 Å². The zero-order valence-electron chi connectivity index (χ0n) is 7.98. The lowest BCUT2D eigenvalue weighted by atomic mass is 9.85. The summed E-state index contributed by atoms with van der Waals surface area (Å²) in [4.78, 5) is 3.59. The van der Waals surface area contributed by atoms with Crippen LogP contribution in [0.4, 0.5) is 4.39 Å². The minimum atomic E-state index is -0.398. The van der Waals surface area contributed by atoms with Gasteiger partial charge in [-0.15, -0.1) is 0 Å². The lowest BCUT2D eigenvalue weighted by Crippen LogP contribution is -2.13. The lowest BCUT2D eigenvalue weighted by molar-refractivity contribution is 0.548. The van der Waals surface area contributed by atoms with Crippen LogP contribution in [0.15, 0.2) is 12.3 Å². The predicted molar refractivity (Wildman–Crippen MR) is 47.6 cm³/mol. The fourth-order valence-electron chi connectivity index (χ4n) is 1.31. The van der Waals surface area contributed by atoms with Crippen LogP contribution in [0, 0.1) is 12.9 Å². The Morgan fingerprint density at radius 2 is 1.92 bits per heavy atom. The highest BCUT2D eigenvalue weighted by molar-refractivity contribution is 5.28. The van der Waals surface area contributed by atoms with E-state index in [1.165, 1.54) is 6.07 Å². The average Bonchev–Trinajstić information content (AvgIpc) is 1.92. The van der Waals surface area contributed by atoms with Gasteiger partial charge in [-0.2, -0.15) is 4.39 Å². The first-order chi connectivity index (χ1) is 5.41. The van der Waals surface area contributed by atoms with Crippen molar-refractivity contribution in [1.82, 2.24) is 4.98 Å². The zero-order chi connectivity index (χ0) is 9.35. The summed E-state index contributed by atoms with van der Waals surface area (Å²) in [6.07, 6.45) is 1.58. The van der Waals surface area contributed by atoms with Crippen LogP contribution in [0.1, 0.15) is 31.9 Å². The molecule has 0 radical (unpaired) electrons. The summed E-state index contributed by atoms with van der Waals surface area (Å²) in [5.74, 6) is -0.398. The largest absolute Gasteiger partial charge is 0.228 e. The molecule has 0 amide bonds. The summed E-state index contributed by atoms with van der Waals surface area (Å²) in [7, 11) is 0. The molecule has 12 heavy (non-hydrogen) atoms. The fraction of sp³-hybridized carbons (Fsp3) is 0.500. The third kappa shape index (κ3) is 1.81. The van der Waals surface area contributed by atoms with Crippen molar-refractivity contribution in [2.45, 2.75) is 33.1 Å². The third-order valence-electron chi connectivity index (χ3n) is 1.88. The molecule has 0 aliphatic carbocycles. The number of aryl methyl sites for hydroxylation is 1. The van der Waals surface area contributed by atoms with E-state index in [0.717, 1.165) is 11.1 Å². The molecule has 0 saturated heterocycles. The van der Waals surface area contributed by atoms with Crippen molar-refractivity contribution >= 4 is 0 Å². The van der Waals surface area contributed by atoms with Crippen LogP contribution < -0.4 is 0 Å². The highest BCUT2D eigenvalue weighted by Crippen LogP contribution is 2.24. The van der Waals surface area contributed by atoms with Gasteiger partial charge >= 0.3 is 0 Å². The number of aromatic nitrogens is 1. The maximum Gasteiger partial charge on any atom is 0.213 e. The van der Waals surface area contributed by atoms with Gasteiger partial charge in [0.2, 0.25) is 5.95 Å². The fourth-order valence-corrected chi connectivity index (χ4v) is 1.31. The second-order valence-corrected chi connectivity index (χ2v) is 4.07. The number of hydrogen-bond donors (Lipinski definition) is 0. The molecule has 0 fully saturated rings. The molecular formula is C10H14FN. The quantitative estimate of drug-likeness (QED) is 0.541. The first-order valence-electron chi connectivity index (χ1n) is 4.04. The summed E-state index contributed by atoms with van der Waals surface area (Å²) in [5, 5.41) is 0. The molecule has 0 aliphatic heterocycles. The Balaban J connectivity index is 3.23. The van der Waals surface area contributed by atoms with Gasteiger partial charge in [0.05, 0.1) is 0 Å². The summed E-state index contributed by atoms with van der Waals surface area (Å²) >= 11 is 0. The number of halogens is 1. The molecule has 0 atom stereocenters. The Hall–Kier alpha value is -0.920. The molecule has 66 valence electrons. The van der Waals surface area contributed by atoms with Gasteiger partial charge in [0.1, 0.15) is 0 Å². The molecule has 1 rings (SSSR count). The first-order valence-corrected chi connectivity index (χ1v) is 4.04. The summed E-state index contributed by atoms with van der Waals surface area (Å²) in [6.45, 7) is 8.14. The zero-order valence-corrected chi connectivity index (χ0v) is 7.98. The maximum atomic E-state index is 12.8. The predicted octanol–water partition coefficient (Wildman–Crippen LogP) is 2.83. The Morgan fingerprint density at radius 3 is 2.33 bits per heavy atom. The van der Waals surface area contributed by atoms with E-state index in [1.54, 1.807) is 6.20 Å². The van der Waals surface area contributed by atoms with Gasteiger partial charge in [0.25, 0.3) is 0 Å². The molecule has 1 nitrogen and oxygen atoms in total. The lowest BCUT2D eigenvalue weighted by Gasteiger charge is -2.20. The summed E-state index contributed by atoms with van der Waals surface area (Å²) < 4.78 is 12.8. The van der Waals surface area contributed by atoms with Crippen LogP contribution >= 0.6 is 0 Å². The highest BCUT2D eigenvalue weighted by Gasteiger charge is 2.16. The number of pyridine rings is 1. The second-order valence-electron chi connectivity index (χ2n) is 4.07. The van der Waals surface area contributed by atoms with E-state index in [4.69, 9.17) is 0 Å². The molecule has 0 saturated carbocycles. The van der Waals surface area contributed by atoms with E-state index in [-0.39, 0.29) is 5.41 Å². The minimum Gasteiger partial charge on any atom is -0.228 e. The molecule has 1 aromatic rings. The molecule has 2 heteroatoms. The molecule has 1 heterocycles. The summed E-state index contributed by atoms with van der Waals surface area (Å²) in [6, 6.07) is 1.51.